The van der Waals surface area contributed by atoms with E-state index in [1.54, 1.807) is 30.3 Å². The predicted octanol–water partition coefficient (Wildman–Crippen LogP) is 3.35. The highest BCUT2D eigenvalue weighted by molar-refractivity contribution is 5.99. The van der Waals surface area contributed by atoms with Crippen LogP contribution < -0.4 is 15.4 Å². The Balaban J connectivity index is 2.06. The summed E-state index contributed by atoms with van der Waals surface area (Å²) in [5.41, 5.74) is 0.747. The maximum atomic E-state index is 13.2. The van der Waals surface area contributed by atoms with Crippen molar-refractivity contribution in [2.24, 2.45) is 0 Å². The molecule has 0 radical (unpaired) electrons. The van der Waals surface area contributed by atoms with E-state index in [9.17, 15) is 9.18 Å². The van der Waals surface area contributed by atoms with E-state index >= 15 is 0 Å². The van der Waals surface area contributed by atoms with Crippen molar-refractivity contribution in [3.63, 3.8) is 0 Å². The van der Waals surface area contributed by atoms with Gasteiger partial charge in [0.15, 0.2) is 0 Å². The summed E-state index contributed by atoms with van der Waals surface area (Å²) < 4.78 is 18.2. The lowest BCUT2D eigenvalue weighted by Crippen LogP contribution is -2.19. The van der Waals surface area contributed by atoms with Gasteiger partial charge in [0.05, 0.1) is 12.7 Å². The largest absolute Gasteiger partial charge is 0.497 e. The van der Waals surface area contributed by atoms with Crippen LogP contribution in [0.25, 0.3) is 0 Å². The Hall–Kier alpha value is -3.07. The number of carbonyl (C=O) groups excluding carboxylic acids is 1. The minimum Gasteiger partial charge on any atom is -0.497 e. The molecule has 21 heavy (non-hydrogen) atoms. The molecule has 2 aromatic rings. The number of nitrogens with one attached hydrogen (secondary N) is 2. The van der Waals surface area contributed by atoms with Crippen LogP contribution in [0.4, 0.5) is 20.6 Å². The van der Waals surface area contributed by atoms with Gasteiger partial charge in [-0.2, -0.15) is 5.26 Å². The number of nitrogens with zero attached hydrogens (tertiary/aromatic N) is 1. The van der Waals surface area contributed by atoms with E-state index in [0.717, 1.165) is 6.07 Å². The number of methoxy groups -OCH3 is 1. The van der Waals surface area contributed by atoms with Gasteiger partial charge in [-0.05, 0) is 30.3 Å². The number of anilines is 2. The molecular weight excluding hydrogens is 273 g/mol. The van der Waals surface area contributed by atoms with E-state index in [2.05, 4.69) is 10.6 Å². The molecule has 2 rings (SSSR count). The first-order valence-corrected chi connectivity index (χ1v) is 6.04. The molecule has 2 N–H and O–H groups in total. The lowest BCUT2D eigenvalue weighted by molar-refractivity contribution is 0.262. The second kappa shape index (κ2) is 6.39. The molecule has 0 unspecified atom stereocenters. The number of amides is 2. The maximum absolute atomic E-state index is 13.2. The summed E-state index contributed by atoms with van der Waals surface area (Å²) in [6, 6.07) is 11.8. The van der Waals surface area contributed by atoms with E-state index in [1.807, 2.05) is 0 Å². The summed E-state index contributed by atoms with van der Waals surface area (Å²) in [4.78, 5) is 11.8. The van der Waals surface area contributed by atoms with Crippen LogP contribution in [-0.4, -0.2) is 13.1 Å². The van der Waals surface area contributed by atoms with Crippen molar-refractivity contribution in [2.45, 2.75) is 0 Å². The van der Waals surface area contributed by atoms with E-state index in [4.69, 9.17) is 10.00 Å². The SMILES string of the molecule is COc1cccc(NC(=O)Nc2ccc(F)c(C#N)c2)c1. The summed E-state index contributed by atoms with van der Waals surface area (Å²) in [7, 11) is 1.53. The Morgan fingerprint density at radius 1 is 1.19 bits per heavy atom. The minimum absolute atomic E-state index is 0.130. The molecule has 2 aromatic carbocycles. The van der Waals surface area contributed by atoms with Gasteiger partial charge in [0, 0.05) is 17.4 Å². The molecule has 0 bridgehead atoms. The fraction of sp³-hybridized carbons (Fsp3) is 0.0667. The standard InChI is InChI=1S/C15H12FN3O2/c1-21-13-4-2-3-11(8-13)18-15(20)19-12-5-6-14(16)10(7-12)9-17/h2-8H,1H3,(H2,18,19,20). The highest BCUT2D eigenvalue weighted by atomic mass is 19.1. The normalized spacial score (nSPS) is 9.57. The molecule has 0 heterocycles. The van der Waals surface area contributed by atoms with Gasteiger partial charge in [0.1, 0.15) is 17.6 Å². The molecule has 0 aliphatic carbocycles. The predicted molar refractivity (Wildman–Crippen MR) is 76.8 cm³/mol. The average molecular weight is 285 g/mol. The monoisotopic (exact) mass is 285 g/mol. The zero-order valence-electron chi connectivity index (χ0n) is 11.2. The minimum atomic E-state index is -0.628. The summed E-state index contributed by atoms with van der Waals surface area (Å²) in [6.07, 6.45) is 0. The molecule has 0 fully saturated rings. The van der Waals surface area contributed by atoms with Gasteiger partial charge in [-0.15, -0.1) is 0 Å². The number of nitriles is 1. The van der Waals surface area contributed by atoms with Gasteiger partial charge in [0.25, 0.3) is 0 Å². The number of ether oxygens (including phenoxy) is 1. The van der Waals surface area contributed by atoms with Gasteiger partial charge in [0.2, 0.25) is 0 Å². The number of hydrogen-bond acceptors (Lipinski definition) is 3. The van der Waals surface area contributed by atoms with Gasteiger partial charge >= 0.3 is 6.03 Å². The zero-order chi connectivity index (χ0) is 15.2. The Labute approximate surface area is 121 Å². The molecule has 0 saturated heterocycles. The molecule has 0 atom stereocenters. The smallest absolute Gasteiger partial charge is 0.323 e. The Morgan fingerprint density at radius 3 is 2.57 bits per heavy atom. The first-order chi connectivity index (χ1) is 10.1. The topological polar surface area (TPSA) is 74.2 Å². The van der Waals surface area contributed by atoms with Crippen molar-refractivity contribution in [1.29, 1.82) is 5.26 Å². The van der Waals surface area contributed by atoms with Gasteiger partial charge < -0.3 is 15.4 Å². The number of hydrogen-bond donors (Lipinski definition) is 2. The van der Waals surface area contributed by atoms with Gasteiger partial charge in [-0.25, -0.2) is 9.18 Å². The van der Waals surface area contributed by atoms with Crippen LogP contribution in [0.5, 0.6) is 5.75 Å². The number of halogens is 1. The summed E-state index contributed by atoms with van der Waals surface area (Å²) in [6.45, 7) is 0. The highest BCUT2D eigenvalue weighted by Gasteiger charge is 2.06. The molecule has 6 heteroatoms. The Morgan fingerprint density at radius 2 is 1.90 bits per heavy atom. The third-order valence-electron chi connectivity index (χ3n) is 2.67. The first kappa shape index (κ1) is 14.3. The average Bonchev–Trinajstić information content (AvgIpc) is 2.49. The van der Waals surface area contributed by atoms with Crippen molar-refractivity contribution in [1.82, 2.24) is 0 Å². The molecular formula is C15H12FN3O2. The lowest BCUT2D eigenvalue weighted by atomic mass is 10.2. The van der Waals surface area contributed by atoms with Crippen molar-refractivity contribution >= 4 is 17.4 Å². The third-order valence-corrected chi connectivity index (χ3v) is 2.67. The highest BCUT2D eigenvalue weighted by Crippen LogP contribution is 2.18. The zero-order valence-corrected chi connectivity index (χ0v) is 11.2. The molecule has 2 amide bonds. The molecule has 0 saturated carbocycles. The summed E-state index contributed by atoms with van der Waals surface area (Å²) in [5.74, 6) is -0.0161. The fourth-order valence-corrected chi connectivity index (χ4v) is 1.68. The van der Waals surface area contributed by atoms with Crippen LogP contribution in [0.15, 0.2) is 42.5 Å². The summed E-state index contributed by atoms with van der Waals surface area (Å²) in [5, 5.41) is 13.9. The van der Waals surface area contributed by atoms with Crippen LogP contribution in [0, 0.1) is 17.1 Å². The number of urea groups is 1. The van der Waals surface area contributed by atoms with Gasteiger partial charge in [-0.3, -0.25) is 0 Å². The first-order valence-electron chi connectivity index (χ1n) is 6.04. The van der Waals surface area contributed by atoms with Crippen LogP contribution in [-0.2, 0) is 0 Å². The van der Waals surface area contributed by atoms with Crippen LogP contribution in [0.2, 0.25) is 0 Å². The fourth-order valence-electron chi connectivity index (χ4n) is 1.68. The number of benzene rings is 2. The van der Waals surface area contributed by atoms with Crippen molar-refractivity contribution in [2.75, 3.05) is 17.7 Å². The molecule has 0 spiro atoms. The van der Waals surface area contributed by atoms with Crippen LogP contribution in [0.3, 0.4) is 0 Å². The second-order valence-electron chi connectivity index (χ2n) is 4.12. The van der Waals surface area contributed by atoms with Crippen LogP contribution >= 0.6 is 0 Å². The molecule has 0 aliphatic rings. The van der Waals surface area contributed by atoms with E-state index in [-0.39, 0.29) is 5.56 Å². The Bertz CT molecular complexity index is 710. The molecule has 0 aromatic heterocycles. The van der Waals surface area contributed by atoms with E-state index < -0.39 is 11.8 Å². The van der Waals surface area contributed by atoms with Crippen molar-refractivity contribution in [3.8, 4) is 11.8 Å². The van der Waals surface area contributed by atoms with Crippen molar-refractivity contribution in [3.05, 3.63) is 53.8 Å². The maximum Gasteiger partial charge on any atom is 0.323 e. The van der Waals surface area contributed by atoms with Gasteiger partial charge in [-0.1, -0.05) is 6.07 Å². The Kier molecular flexibility index (Phi) is 4.36. The van der Waals surface area contributed by atoms with Crippen molar-refractivity contribution < 1.29 is 13.9 Å². The molecule has 106 valence electrons. The quantitative estimate of drug-likeness (QED) is 0.908. The van der Waals surface area contributed by atoms with E-state index in [1.165, 1.54) is 19.2 Å². The number of carbonyl (C=O) groups is 1. The second-order valence-corrected chi connectivity index (χ2v) is 4.12. The lowest BCUT2D eigenvalue weighted by Gasteiger charge is -2.09. The number of rotatable bonds is 3. The van der Waals surface area contributed by atoms with Crippen LogP contribution in [0.1, 0.15) is 5.56 Å². The molecule has 5 nitrogen and oxygen atoms in total. The molecule has 0 aliphatic heterocycles. The third kappa shape index (κ3) is 3.70. The summed E-state index contributed by atoms with van der Waals surface area (Å²) >= 11 is 0. The van der Waals surface area contributed by atoms with E-state index in [0.29, 0.717) is 17.1 Å².